The number of benzene rings is 1. The Morgan fingerprint density at radius 2 is 1.69 bits per heavy atom. The first-order chi connectivity index (χ1) is 16.5. The molecule has 2 aliphatic heterocycles. The number of hydrogen-bond acceptors (Lipinski definition) is 7. The van der Waals surface area contributed by atoms with Crippen LogP contribution in [0.15, 0.2) is 18.2 Å². The van der Waals surface area contributed by atoms with Crippen molar-refractivity contribution in [1.29, 1.82) is 0 Å². The molecule has 0 aliphatic carbocycles. The molecule has 0 aromatic heterocycles. The fraction of sp³-hybridized carbons (Fsp3) is 0.542. The summed E-state index contributed by atoms with van der Waals surface area (Å²) >= 11 is 0. The lowest BCUT2D eigenvalue weighted by Crippen LogP contribution is -2.51. The highest BCUT2D eigenvalue weighted by molar-refractivity contribution is 6.08. The summed E-state index contributed by atoms with van der Waals surface area (Å²) in [4.78, 5) is 65.7. The number of carbonyl (C=O) groups excluding carboxylic acids is 5. The van der Waals surface area contributed by atoms with Crippen molar-refractivity contribution in [2.24, 2.45) is 0 Å². The third kappa shape index (κ3) is 6.16. The Labute approximate surface area is 204 Å². The lowest BCUT2D eigenvalue weighted by molar-refractivity contribution is -0.154. The minimum Gasteiger partial charge on any atom is -0.454 e. The normalized spacial score (nSPS) is 20.6. The average Bonchev–Trinajstić information content (AvgIpc) is 3.04. The predicted molar refractivity (Wildman–Crippen MR) is 127 cm³/mol. The van der Waals surface area contributed by atoms with Crippen LogP contribution in [0.5, 0.6) is 0 Å². The largest absolute Gasteiger partial charge is 0.454 e. The lowest BCUT2D eigenvalue weighted by Gasteiger charge is -2.34. The van der Waals surface area contributed by atoms with Crippen LogP contribution in [0, 0.1) is 13.8 Å². The number of amides is 5. The number of imide groups is 1. The number of carbonyl (C=O) groups is 5. The van der Waals surface area contributed by atoms with E-state index in [2.05, 4.69) is 10.6 Å². The minimum absolute atomic E-state index is 0.115. The molecule has 1 aromatic rings. The number of para-hydroxylation sites is 1. The first kappa shape index (κ1) is 26.1. The number of rotatable bonds is 8. The average molecular weight is 488 g/mol. The highest BCUT2D eigenvalue weighted by Gasteiger charge is 2.47. The molecule has 0 saturated carbocycles. The van der Waals surface area contributed by atoms with E-state index < -0.39 is 36.6 Å². The van der Waals surface area contributed by atoms with E-state index in [1.165, 1.54) is 0 Å². The highest BCUT2D eigenvalue weighted by atomic mass is 16.5. The van der Waals surface area contributed by atoms with Gasteiger partial charge in [0.25, 0.3) is 11.8 Å². The summed E-state index contributed by atoms with van der Waals surface area (Å²) in [5, 5.41) is 5.52. The third-order valence-electron chi connectivity index (χ3n) is 6.53. The van der Waals surface area contributed by atoms with Crippen LogP contribution in [0.3, 0.4) is 0 Å². The number of nitrogens with zero attached hydrogens (tertiary/aromatic N) is 3. The van der Waals surface area contributed by atoms with Crippen molar-refractivity contribution in [3.05, 3.63) is 29.3 Å². The molecule has 0 spiro atoms. The molecule has 3 rings (SSSR count). The first-order valence-corrected chi connectivity index (χ1v) is 11.7. The molecule has 1 unspecified atom stereocenters. The van der Waals surface area contributed by atoms with Crippen molar-refractivity contribution in [2.45, 2.75) is 39.7 Å². The van der Waals surface area contributed by atoms with Gasteiger partial charge in [-0.15, -0.1) is 0 Å². The maximum Gasteiger partial charge on any atom is 0.326 e. The van der Waals surface area contributed by atoms with E-state index in [1.807, 2.05) is 36.9 Å². The van der Waals surface area contributed by atoms with Crippen molar-refractivity contribution >= 4 is 35.4 Å². The van der Waals surface area contributed by atoms with Crippen molar-refractivity contribution in [2.75, 3.05) is 51.2 Å². The highest BCUT2D eigenvalue weighted by Crippen LogP contribution is 2.21. The molecule has 190 valence electrons. The second-order valence-electron chi connectivity index (χ2n) is 9.14. The van der Waals surface area contributed by atoms with Crippen LogP contribution in [0.2, 0.25) is 0 Å². The van der Waals surface area contributed by atoms with E-state index in [0.29, 0.717) is 32.6 Å². The van der Waals surface area contributed by atoms with Gasteiger partial charge in [-0.05, 0) is 38.3 Å². The molecule has 5 amide bonds. The zero-order valence-electron chi connectivity index (χ0n) is 20.7. The smallest absolute Gasteiger partial charge is 0.326 e. The molecule has 1 aromatic carbocycles. The van der Waals surface area contributed by atoms with Crippen molar-refractivity contribution < 1.29 is 28.7 Å². The number of anilines is 1. The molecular formula is C24H33N5O6. The second-order valence-corrected chi connectivity index (χ2v) is 9.14. The van der Waals surface area contributed by atoms with E-state index >= 15 is 0 Å². The summed E-state index contributed by atoms with van der Waals surface area (Å²) < 4.78 is 5.02. The molecule has 1 atom stereocenters. The van der Waals surface area contributed by atoms with Gasteiger partial charge < -0.3 is 20.3 Å². The van der Waals surface area contributed by atoms with Gasteiger partial charge in [0.2, 0.25) is 5.91 Å². The Kier molecular flexibility index (Phi) is 8.11. The number of urea groups is 1. The van der Waals surface area contributed by atoms with E-state index in [9.17, 15) is 24.0 Å². The SMILES string of the molecule is CCC1(C)NC(=O)N(CC(=O)OCC(=O)N2CCN(CC(=O)Nc3c(C)cccc3C)CC2)C1=O. The molecule has 2 N–H and O–H groups in total. The Hall–Kier alpha value is -3.47. The fourth-order valence-electron chi connectivity index (χ4n) is 4.09. The van der Waals surface area contributed by atoms with Crippen LogP contribution in [-0.4, -0.2) is 95.8 Å². The van der Waals surface area contributed by atoms with Gasteiger partial charge in [0.15, 0.2) is 6.61 Å². The summed E-state index contributed by atoms with van der Waals surface area (Å²) in [7, 11) is 0. The van der Waals surface area contributed by atoms with Gasteiger partial charge in [-0.25, -0.2) is 4.79 Å². The molecular weight excluding hydrogens is 454 g/mol. The maximum atomic E-state index is 12.5. The fourth-order valence-corrected chi connectivity index (χ4v) is 4.09. The van der Waals surface area contributed by atoms with Crippen LogP contribution in [0.1, 0.15) is 31.4 Å². The first-order valence-electron chi connectivity index (χ1n) is 11.7. The van der Waals surface area contributed by atoms with E-state index in [-0.39, 0.29) is 18.4 Å². The summed E-state index contributed by atoms with van der Waals surface area (Å²) in [5.41, 5.74) is 1.78. The van der Waals surface area contributed by atoms with Crippen LogP contribution in [0.4, 0.5) is 10.5 Å². The molecule has 11 heteroatoms. The molecule has 2 saturated heterocycles. The Morgan fingerprint density at radius 3 is 2.26 bits per heavy atom. The minimum atomic E-state index is -1.04. The van der Waals surface area contributed by atoms with Gasteiger partial charge in [-0.3, -0.25) is 29.0 Å². The molecule has 2 aliphatic rings. The van der Waals surface area contributed by atoms with Crippen molar-refractivity contribution in [3.8, 4) is 0 Å². The van der Waals surface area contributed by atoms with Gasteiger partial charge in [-0.1, -0.05) is 25.1 Å². The number of ether oxygens (including phenoxy) is 1. The van der Waals surface area contributed by atoms with Gasteiger partial charge in [0.1, 0.15) is 12.1 Å². The van der Waals surface area contributed by atoms with E-state index in [1.54, 1.807) is 18.7 Å². The third-order valence-corrected chi connectivity index (χ3v) is 6.53. The molecule has 35 heavy (non-hydrogen) atoms. The van der Waals surface area contributed by atoms with E-state index in [0.717, 1.165) is 21.7 Å². The summed E-state index contributed by atoms with van der Waals surface area (Å²) in [6, 6.07) is 5.18. The summed E-state index contributed by atoms with van der Waals surface area (Å²) in [6.07, 6.45) is 0.390. The predicted octanol–water partition coefficient (Wildman–Crippen LogP) is 0.650. The summed E-state index contributed by atoms with van der Waals surface area (Å²) in [5.74, 6) is -1.81. The number of esters is 1. The second kappa shape index (κ2) is 10.9. The molecule has 2 fully saturated rings. The number of hydrogen-bond donors (Lipinski definition) is 2. The molecule has 2 heterocycles. The number of nitrogens with one attached hydrogen (secondary N) is 2. The van der Waals surface area contributed by atoms with Crippen LogP contribution >= 0.6 is 0 Å². The van der Waals surface area contributed by atoms with Crippen LogP contribution in [-0.2, 0) is 23.9 Å². The van der Waals surface area contributed by atoms with Crippen LogP contribution in [0.25, 0.3) is 0 Å². The Morgan fingerprint density at radius 1 is 1.06 bits per heavy atom. The summed E-state index contributed by atoms with van der Waals surface area (Å²) in [6.45, 7) is 8.26. The zero-order chi connectivity index (χ0) is 25.8. The maximum absolute atomic E-state index is 12.5. The number of piperazine rings is 1. The molecule has 11 nitrogen and oxygen atoms in total. The Bertz CT molecular complexity index is 999. The number of aryl methyl sites for hydroxylation is 2. The van der Waals surface area contributed by atoms with Gasteiger partial charge in [-0.2, -0.15) is 0 Å². The standard InChI is InChI=1S/C24H33N5O6/c1-5-24(4)22(33)29(23(34)26-24)14-20(32)35-15-19(31)28-11-9-27(10-12-28)13-18(30)25-21-16(2)7-6-8-17(21)3/h6-8H,5,9-15H2,1-4H3,(H,25,30)(H,26,34). The lowest BCUT2D eigenvalue weighted by atomic mass is 9.99. The Balaban J connectivity index is 1.39. The quantitative estimate of drug-likeness (QED) is 0.407. The monoisotopic (exact) mass is 487 g/mol. The van der Waals surface area contributed by atoms with Gasteiger partial charge in [0, 0.05) is 31.9 Å². The van der Waals surface area contributed by atoms with Crippen molar-refractivity contribution in [1.82, 2.24) is 20.0 Å². The van der Waals surface area contributed by atoms with Gasteiger partial charge in [0.05, 0.1) is 6.54 Å². The molecule has 0 radical (unpaired) electrons. The zero-order valence-corrected chi connectivity index (χ0v) is 20.7. The molecule has 0 bridgehead atoms. The van der Waals surface area contributed by atoms with Gasteiger partial charge >= 0.3 is 12.0 Å². The van der Waals surface area contributed by atoms with Crippen molar-refractivity contribution in [3.63, 3.8) is 0 Å². The topological polar surface area (TPSA) is 128 Å². The van der Waals surface area contributed by atoms with E-state index in [4.69, 9.17) is 4.74 Å². The van der Waals surface area contributed by atoms with Crippen LogP contribution < -0.4 is 10.6 Å².